The Hall–Kier alpha value is -2.24. The maximum absolute atomic E-state index is 10.6. The van der Waals surface area contributed by atoms with Crippen LogP contribution >= 0.6 is 0 Å². The molecule has 2 aromatic heterocycles. The highest BCUT2D eigenvalue weighted by atomic mass is 16.4. The average Bonchev–Trinajstić information content (AvgIpc) is 2.77. The SMILES string of the molecule is CCc1cnn(-c2ncc(C(=O)O)cn2)c1. The molecule has 0 amide bonds. The highest BCUT2D eigenvalue weighted by molar-refractivity contribution is 5.86. The molecule has 0 aliphatic rings. The molecule has 0 saturated carbocycles. The Morgan fingerprint density at radius 3 is 2.56 bits per heavy atom. The Morgan fingerprint density at radius 1 is 1.38 bits per heavy atom. The van der Waals surface area contributed by atoms with Crippen LogP contribution in [0, 0.1) is 0 Å². The molecule has 0 aromatic carbocycles. The van der Waals surface area contributed by atoms with Crippen LogP contribution in [0.15, 0.2) is 24.8 Å². The van der Waals surface area contributed by atoms with Gasteiger partial charge in [0.05, 0.1) is 11.8 Å². The predicted octanol–water partition coefficient (Wildman–Crippen LogP) is 0.923. The summed E-state index contributed by atoms with van der Waals surface area (Å²) in [5.41, 5.74) is 1.14. The molecule has 0 aliphatic carbocycles. The third-order valence-electron chi connectivity index (χ3n) is 2.13. The summed E-state index contributed by atoms with van der Waals surface area (Å²) in [6.45, 7) is 2.02. The molecule has 16 heavy (non-hydrogen) atoms. The summed E-state index contributed by atoms with van der Waals surface area (Å²) in [5, 5.41) is 12.8. The van der Waals surface area contributed by atoms with Gasteiger partial charge in [0.15, 0.2) is 0 Å². The van der Waals surface area contributed by atoms with Crippen LogP contribution in [-0.2, 0) is 6.42 Å². The van der Waals surface area contributed by atoms with Crippen molar-refractivity contribution >= 4 is 5.97 Å². The summed E-state index contributed by atoms with van der Waals surface area (Å²) in [6, 6.07) is 0. The number of carbonyl (C=O) groups is 1. The molecular weight excluding hydrogens is 208 g/mol. The summed E-state index contributed by atoms with van der Waals surface area (Å²) in [5.74, 6) is -0.675. The van der Waals surface area contributed by atoms with Crippen LogP contribution in [0.2, 0.25) is 0 Å². The van der Waals surface area contributed by atoms with Crippen molar-refractivity contribution in [3.8, 4) is 5.95 Å². The van der Waals surface area contributed by atoms with Crippen molar-refractivity contribution < 1.29 is 9.90 Å². The van der Waals surface area contributed by atoms with Crippen LogP contribution in [0.3, 0.4) is 0 Å². The highest BCUT2D eigenvalue weighted by Crippen LogP contribution is 2.04. The summed E-state index contributed by atoms with van der Waals surface area (Å²) >= 11 is 0. The van der Waals surface area contributed by atoms with Crippen LogP contribution in [0.1, 0.15) is 22.8 Å². The fraction of sp³-hybridized carbons (Fsp3) is 0.200. The molecule has 6 heteroatoms. The van der Waals surface area contributed by atoms with Gasteiger partial charge in [-0.2, -0.15) is 5.10 Å². The minimum absolute atomic E-state index is 0.0617. The van der Waals surface area contributed by atoms with Gasteiger partial charge in [-0.25, -0.2) is 19.4 Å². The van der Waals surface area contributed by atoms with E-state index in [-0.39, 0.29) is 5.56 Å². The first-order chi connectivity index (χ1) is 7.70. The van der Waals surface area contributed by atoms with Gasteiger partial charge in [-0.15, -0.1) is 0 Å². The number of carboxylic acid groups (broad SMARTS) is 1. The Bertz CT molecular complexity index is 504. The second-order valence-electron chi connectivity index (χ2n) is 3.22. The number of rotatable bonds is 3. The fourth-order valence-corrected chi connectivity index (χ4v) is 1.20. The third kappa shape index (κ3) is 1.90. The quantitative estimate of drug-likeness (QED) is 0.828. The lowest BCUT2D eigenvalue weighted by Crippen LogP contribution is -2.04. The zero-order valence-electron chi connectivity index (χ0n) is 8.66. The topological polar surface area (TPSA) is 80.9 Å². The molecule has 0 spiro atoms. The van der Waals surface area contributed by atoms with Crippen molar-refractivity contribution in [2.24, 2.45) is 0 Å². The lowest BCUT2D eigenvalue weighted by atomic mass is 10.3. The van der Waals surface area contributed by atoms with Gasteiger partial charge in [-0.3, -0.25) is 0 Å². The molecule has 0 bridgehead atoms. The second-order valence-corrected chi connectivity index (χ2v) is 3.22. The van der Waals surface area contributed by atoms with Gasteiger partial charge in [0.1, 0.15) is 0 Å². The molecule has 2 heterocycles. The second kappa shape index (κ2) is 4.09. The van der Waals surface area contributed by atoms with E-state index in [0.717, 1.165) is 12.0 Å². The summed E-state index contributed by atoms with van der Waals surface area (Å²) in [4.78, 5) is 18.4. The maximum Gasteiger partial charge on any atom is 0.338 e. The van der Waals surface area contributed by atoms with Crippen LogP contribution in [0.5, 0.6) is 0 Å². The van der Waals surface area contributed by atoms with E-state index in [2.05, 4.69) is 15.1 Å². The molecule has 0 radical (unpaired) electrons. The van der Waals surface area contributed by atoms with Gasteiger partial charge in [0.2, 0.25) is 5.95 Å². The monoisotopic (exact) mass is 218 g/mol. The van der Waals surface area contributed by atoms with Crippen molar-refractivity contribution in [3.63, 3.8) is 0 Å². The van der Waals surface area contributed by atoms with Gasteiger partial charge < -0.3 is 5.11 Å². The van der Waals surface area contributed by atoms with E-state index in [9.17, 15) is 4.79 Å². The van der Waals surface area contributed by atoms with E-state index < -0.39 is 5.97 Å². The smallest absolute Gasteiger partial charge is 0.338 e. The molecule has 82 valence electrons. The van der Waals surface area contributed by atoms with Crippen molar-refractivity contribution in [2.75, 3.05) is 0 Å². The van der Waals surface area contributed by atoms with E-state index in [4.69, 9.17) is 5.11 Å². The normalized spacial score (nSPS) is 10.3. The standard InChI is InChI=1S/C10H10N4O2/c1-2-7-3-13-14(6-7)10-11-4-8(5-12-10)9(15)16/h3-6H,2H2,1H3,(H,15,16). The summed E-state index contributed by atoms with van der Waals surface area (Å²) in [7, 11) is 0. The van der Waals surface area contributed by atoms with Crippen molar-refractivity contribution in [3.05, 3.63) is 35.9 Å². The maximum atomic E-state index is 10.6. The van der Waals surface area contributed by atoms with Gasteiger partial charge >= 0.3 is 5.97 Å². The van der Waals surface area contributed by atoms with Gasteiger partial charge in [0.25, 0.3) is 0 Å². The first kappa shape index (κ1) is 10.3. The van der Waals surface area contributed by atoms with Crippen molar-refractivity contribution in [1.82, 2.24) is 19.7 Å². The molecule has 2 aromatic rings. The first-order valence-electron chi connectivity index (χ1n) is 4.80. The largest absolute Gasteiger partial charge is 0.478 e. The van der Waals surface area contributed by atoms with Crippen LogP contribution in [0.25, 0.3) is 5.95 Å². The lowest BCUT2D eigenvalue weighted by molar-refractivity contribution is 0.0696. The van der Waals surface area contributed by atoms with E-state index in [1.54, 1.807) is 6.20 Å². The average molecular weight is 218 g/mol. The fourth-order valence-electron chi connectivity index (χ4n) is 1.20. The Balaban J connectivity index is 2.30. The molecule has 0 atom stereocenters. The number of aryl methyl sites for hydroxylation is 1. The molecule has 0 aliphatic heterocycles. The summed E-state index contributed by atoms with van der Waals surface area (Å²) in [6.07, 6.45) is 6.95. The first-order valence-corrected chi connectivity index (χ1v) is 4.80. The van der Waals surface area contributed by atoms with Crippen LogP contribution in [0.4, 0.5) is 0 Å². The Labute approximate surface area is 91.6 Å². The third-order valence-corrected chi connectivity index (χ3v) is 2.13. The zero-order chi connectivity index (χ0) is 11.5. The van der Waals surface area contributed by atoms with Crippen molar-refractivity contribution in [1.29, 1.82) is 0 Å². The van der Waals surface area contributed by atoms with Gasteiger partial charge in [-0.1, -0.05) is 6.92 Å². The minimum Gasteiger partial charge on any atom is -0.478 e. The number of nitrogens with zero attached hydrogens (tertiary/aromatic N) is 4. The minimum atomic E-state index is -1.04. The number of hydrogen-bond acceptors (Lipinski definition) is 4. The highest BCUT2D eigenvalue weighted by Gasteiger charge is 2.06. The number of carboxylic acids is 1. The van der Waals surface area contributed by atoms with Gasteiger partial charge in [0, 0.05) is 18.6 Å². The molecule has 1 N–H and O–H groups in total. The molecule has 6 nitrogen and oxygen atoms in total. The number of aromatic nitrogens is 4. The summed E-state index contributed by atoms with van der Waals surface area (Å²) < 4.78 is 1.52. The van der Waals surface area contributed by atoms with E-state index in [1.165, 1.54) is 17.1 Å². The molecule has 0 saturated heterocycles. The van der Waals surface area contributed by atoms with E-state index >= 15 is 0 Å². The van der Waals surface area contributed by atoms with Crippen LogP contribution in [-0.4, -0.2) is 30.8 Å². The Kier molecular flexibility index (Phi) is 2.63. The lowest BCUT2D eigenvalue weighted by Gasteiger charge is -1.98. The number of hydrogen-bond donors (Lipinski definition) is 1. The molecule has 0 unspecified atom stereocenters. The molecular formula is C10H10N4O2. The van der Waals surface area contributed by atoms with Crippen molar-refractivity contribution in [2.45, 2.75) is 13.3 Å². The number of aromatic carboxylic acids is 1. The van der Waals surface area contributed by atoms with Crippen LogP contribution < -0.4 is 0 Å². The van der Waals surface area contributed by atoms with E-state index in [1.807, 2.05) is 13.1 Å². The zero-order valence-corrected chi connectivity index (χ0v) is 8.66. The molecule has 0 fully saturated rings. The van der Waals surface area contributed by atoms with E-state index in [0.29, 0.717) is 5.95 Å². The predicted molar refractivity (Wildman–Crippen MR) is 55.5 cm³/mol. The van der Waals surface area contributed by atoms with Gasteiger partial charge in [-0.05, 0) is 12.0 Å². The Morgan fingerprint density at radius 2 is 2.06 bits per heavy atom. The molecule has 2 rings (SSSR count).